The molecule has 0 amide bonds. The lowest BCUT2D eigenvalue weighted by atomic mass is 10.0. The lowest BCUT2D eigenvalue weighted by molar-refractivity contribution is -0.155. The molecule has 29 heavy (non-hydrogen) atoms. The molecule has 166 valence electrons. The van der Waals surface area contributed by atoms with Gasteiger partial charge in [-0.3, -0.25) is 0 Å². The summed E-state index contributed by atoms with van der Waals surface area (Å²) in [6.07, 6.45) is 10.6. The fourth-order valence-corrected chi connectivity index (χ4v) is 2.72. The topological polar surface area (TPSA) is 65.0 Å². The number of carbonyl (C=O) groups is 1. The van der Waals surface area contributed by atoms with Crippen molar-refractivity contribution in [3.05, 3.63) is 42.5 Å². The van der Waals surface area contributed by atoms with Gasteiger partial charge in [0.15, 0.2) is 0 Å². The normalized spacial score (nSPS) is 11.2. The van der Waals surface area contributed by atoms with Crippen LogP contribution in [0.2, 0.25) is 0 Å². The summed E-state index contributed by atoms with van der Waals surface area (Å²) in [4.78, 5) is 11.2. The molecule has 1 aromatic carbocycles. The molecule has 5 heteroatoms. The van der Waals surface area contributed by atoms with Crippen LogP contribution in [-0.4, -0.2) is 37.2 Å². The van der Waals surface area contributed by atoms with Gasteiger partial charge in [-0.05, 0) is 31.4 Å². The summed E-state index contributed by atoms with van der Waals surface area (Å²) >= 11 is 0. The summed E-state index contributed by atoms with van der Waals surface area (Å²) < 4.78 is 15.5. The number of rotatable bonds is 15. The van der Waals surface area contributed by atoms with E-state index in [2.05, 4.69) is 19.6 Å². The smallest absolute Gasteiger partial charge is 0.333 e. The Morgan fingerprint density at radius 3 is 2.34 bits per heavy atom. The van der Waals surface area contributed by atoms with Gasteiger partial charge in [0.05, 0.1) is 13.2 Å². The third-order valence-corrected chi connectivity index (χ3v) is 4.20. The zero-order valence-electron chi connectivity index (χ0n) is 18.5. The van der Waals surface area contributed by atoms with Crippen LogP contribution < -0.4 is 4.74 Å². The van der Waals surface area contributed by atoms with Gasteiger partial charge < -0.3 is 19.3 Å². The third-order valence-electron chi connectivity index (χ3n) is 4.20. The maximum absolute atomic E-state index is 11.2. The Morgan fingerprint density at radius 2 is 1.76 bits per heavy atom. The maximum atomic E-state index is 11.2. The number of aliphatic hydroxyl groups is 1. The van der Waals surface area contributed by atoms with Crippen molar-refractivity contribution in [1.29, 1.82) is 0 Å². The number of carbonyl (C=O) groups excluding carboxylic acids is 1. The van der Waals surface area contributed by atoms with Crippen LogP contribution >= 0.6 is 0 Å². The molecular weight excluding hydrogens is 368 g/mol. The standard InChI is InChI=1S/C20H30O3.C4H10O2/c1-4-6-7-8-9-10-11-14-18-15-12-13-16-19(18)22-17(3)23-20(21)5-2;1-2-6-4-3-5/h5,12-13,15-17H,2,4,6-11,14H2,1,3H3;5H,2-4H2,1H3. The number of unbranched alkanes of at least 4 members (excludes halogenated alkanes) is 6. The molecule has 0 aliphatic heterocycles. The Bertz CT molecular complexity index is 526. The van der Waals surface area contributed by atoms with E-state index >= 15 is 0 Å². The average Bonchev–Trinajstić information content (AvgIpc) is 2.73. The van der Waals surface area contributed by atoms with Gasteiger partial charge in [0.2, 0.25) is 6.29 Å². The number of aliphatic hydroxyl groups excluding tert-OH is 1. The molecule has 0 aromatic heterocycles. The molecule has 0 bridgehead atoms. The summed E-state index contributed by atoms with van der Waals surface area (Å²) in [6.45, 7) is 10.5. The lowest BCUT2D eigenvalue weighted by Gasteiger charge is -2.17. The molecule has 1 atom stereocenters. The minimum atomic E-state index is -0.615. The van der Waals surface area contributed by atoms with Gasteiger partial charge >= 0.3 is 5.97 Å². The zero-order chi connectivity index (χ0) is 21.7. The fraction of sp³-hybridized carbons (Fsp3) is 0.625. The highest BCUT2D eigenvalue weighted by molar-refractivity contribution is 5.81. The van der Waals surface area contributed by atoms with E-state index in [-0.39, 0.29) is 6.61 Å². The summed E-state index contributed by atoms with van der Waals surface area (Å²) in [7, 11) is 0. The first-order valence-electron chi connectivity index (χ1n) is 10.8. The van der Waals surface area contributed by atoms with E-state index in [0.717, 1.165) is 24.7 Å². The molecular formula is C24H40O5. The molecule has 0 saturated heterocycles. The van der Waals surface area contributed by atoms with Crippen molar-refractivity contribution < 1.29 is 24.1 Å². The van der Waals surface area contributed by atoms with Crippen LogP contribution in [0.3, 0.4) is 0 Å². The quantitative estimate of drug-likeness (QED) is 0.181. The van der Waals surface area contributed by atoms with E-state index in [1.54, 1.807) is 6.92 Å². The second-order valence-electron chi connectivity index (χ2n) is 6.73. The van der Waals surface area contributed by atoms with Crippen molar-refractivity contribution in [3.8, 4) is 5.75 Å². The van der Waals surface area contributed by atoms with Crippen molar-refractivity contribution in [2.45, 2.75) is 78.4 Å². The summed E-state index contributed by atoms with van der Waals surface area (Å²) in [5, 5.41) is 8.07. The lowest BCUT2D eigenvalue weighted by Crippen LogP contribution is -2.20. The van der Waals surface area contributed by atoms with Crippen LogP contribution in [0.4, 0.5) is 0 Å². The third kappa shape index (κ3) is 15.7. The van der Waals surface area contributed by atoms with Crippen molar-refractivity contribution in [2.75, 3.05) is 19.8 Å². The first-order chi connectivity index (χ1) is 14.1. The van der Waals surface area contributed by atoms with Gasteiger partial charge in [0.25, 0.3) is 0 Å². The maximum Gasteiger partial charge on any atom is 0.333 e. The predicted octanol–water partition coefficient (Wildman–Crippen LogP) is 5.45. The fourth-order valence-electron chi connectivity index (χ4n) is 2.72. The molecule has 5 nitrogen and oxygen atoms in total. The van der Waals surface area contributed by atoms with Crippen molar-refractivity contribution >= 4 is 5.97 Å². The van der Waals surface area contributed by atoms with E-state index in [1.165, 1.54) is 44.1 Å². The predicted molar refractivity (Wildman–Crippen MR) is 118 cm³/mol. The monoisotopic (exact) mass is 408 g/mol. The molecule has 0 radical (unpaired) electrons. The highest BCUT2D eigenvalue weighted by Gasteiger charge is 2.10. The Kier molecular flexibility index (Phi) is 18.2. The summed E-state index contributed by atoms with van der Waals surface area (Å²) in [5.74, 6) is 0.324. The Balaban J connectivity index is 0.00000113. The van der Waals surface area contributed by atoms with Gasteiger partial charge in [0.1, 0.15) is 5.75 Å². The molecule has 1 N–H and O–H groups in total. The van der Waals surface area contributed by atoms with Crippen LogP contribution in [0.15, 0.2) is 36.9 Å². The molecule has 0 heterocycles. The Morgan fingerprint density at radius 1 is 1.10 bits per heavy atom. The number of aryl methyl sites for hydroxylation is 1. The molecule has 1 rings (SSSR count). The van der Waals surface area contributed by atoms with Gasteiger partial charge in [-0.15, -0.1) is 0 Å². The average molecular weight is 409 g/mol. The van der Waals surface area contributed by atoms with Crippen LogP contribution in [0.25, 0.3) is 0 Å². The summed E-state index contributed by atoms with van der Waals surface area (Å²) in [5.41, 5.74) is 1.17. The van der Waals surface area contributed by atoms with Crippen molar-refractivity contribution in [1.82, 2.24) is 0 Å². The van der Waals surface area contributed by atoms with E-state index in [4.69, 9.17) is 19.3 Å². The van der Waals surface area contributed by atoms with E-state index in [9.17, 15) is 4.79 Å². The van der Waals surface area contributed by atoms with Crippen molar-refractivity contribution in [3.63, 3.8) is 0 Å². The SMILES string of the molecule is C=CC(=O)OC(C)Oc1ccccc1CCCCCCCCC.CCOCCO. The molecule has 0 aliphatic rings. The largest absolute Gasteiger partial charge is 0.455 e. The molecule has 0 aliphatic carbocycles. The first kappa shape index (κ1) is 27.1. The van der Waals surface area contributed by atoms with Crippen LogP contribution in [0, 0.1) is 0 Å². The second kappa shape index (κ2) is 19.5. The number of benzene rings is 1. The number of ether oxygens (including phenoxy) is 3. The van der Waals surface area contributed by atoms with Crippen LogP contribution in [0.1, 0.15) is 71.3 Å². The van der Waals surface area contributed by atoms with Crippen molar-refractivity contribution in [2.24, 2.45) is 0 Å². The van der Waals surface area contributed by atoms with Gasteiger partial charge in [-0.2, -0.15) is 0 Å². The Labute approximate surface area is 177 Å². The molecule has 1 aromatic rings. The zero-order valence-corrected chi connectivity index (χ0v) is 18.5. The first-order valence-corrected chi connectivity index (χ1v) is 10.8. The second-order valence-corrected chi connectivity index (χ2v) is 6.73. The minimum absolute atomic E-state index is 0.133. The Hall–Kier alpha value is -1.85. The number of esters is 1. The molecule has 1 unspecified atom stereocenters. The minimum Gasteiger partial charge on any atom is -0.455 e. The van der Waals surface area contributed by atoms with E-state index in [0.29, 0.717) is 13.2 Å². The summed E-state index contributed by atoms with van der Waals surface area (Å²) in [6, 6.07) is 7.96. The van der Waals surface area contributed by atoms with E-state index in [1.807, 2.05) is 25.1 Å². The molecule has 0 spiro atoms. The van der Waals surface area contributed by atoms with Gasteiger partial charge in [-0.1, -0.05) is 70.2 Å². The molecule has 0 saturated carbocycles. The molecule has 0 fully saturated rings. The van der Waals surface area contributed by atoms with Crippen LogP contribution in [0.5, 0.6) is 5.75 Å². The van der Waals surface area contributed by atoms with Crippen LogP contribution in [-0.2, 0) is 20.7 Å². The van der Waals surface area contributed by atoms with Gasteiger partial charge in [0, 0.05) is 19.6 Å². The van der Waals surface area contributed by atoms with E-state index < -0.39 is 12.3 Å². The highest BCUT2D eigenvalue weighted by atomic mass is 16.7. The number of para-hydroxylation sites is 1. The van der Waals surface area contributed by atoms with Gasteiger partial charge in [-0.25, -0.2) is 4.79 Å². The number of hydrogen-bond acceptors (Lipinski definition) is 5. The highest BCUT2D eigenvalue weighted by Crippen LogP contribution is 2.22. The number of hydrogen-bond donors (Lipinski definition) is 1.